The smallest absolute Gasteiger partial charge is 0.228 e. The average Bonchev–Trinajstić information content (AvgIpc) is 3.38. The molecule has 2 aromatic rings. The number of nitrogens with one attached hydrogen (secondary N) is 1. The molecular formula is C19H20N2O3. The van der Waals surface area contributed by atoms with Crippen molar-refractivity contribution in [2.24, 2.45) is 11.7 Å². The molecule has 124 valence electrons. The molecule has 0 heterocycles. The molecule has 1 aliphatic carbocycles. The van der Waals surface area contributed by atoms with Crippen molar-refractivity contribution in [3.63, 3.8) is 0 Å². The fourth-order valence-corrected chi connectivity index (χ4v) is 3.09. The molecule has 0 radical (unpaired) electrons. The molecular weight excluding hydrogens is 304 g/mol. The lowest BCUT2D eigenvalue weighted by molar-refractivity contribution is -0.126. The molecule has 3 N–H and O–H groups in total. The van der Waals surface area contributed by atoms with Gasteiger partial charge in [0.1, 0.15) is 12.4 Å². The summed E-state index contributed by atoms with van der Waals surface area (Å²) in [5.41, 5.74) is 6.47. The fourth-order valence-electron chi connectivity index (χ4n) is 3.09. The second kappa shape index (κ2) is 6.35. The van der Waals surface area contributed by atoms with Gasteiger partial charge in [-0.05, 0) is 29.7 Å². The number of ether oxygens (including phenoxy) is 1. The number of amides is 2. The predicted octanol–water partition coefficient (Wildman–Crippen LogP) is 1.75. The quantitative estimate of drug-likeness (QED) is 0.849. The standard InChI is InChI=1S/C19H20N2O3/c1-21-17(22)16-11-19(16,18(20)23)14-8-5-9-15(10-14)24-12-13-6-3-2-4-7-13/h2-10,16H,11-12H2,1H3,(H2,20,23)(H,21,22)/t16?,19-/m1/s1. The molecule has 0 spiro atoms. The third-order valence-electron chi connectivity index (χ3n) is 4.56. The SMILES string of the molecule is CNC(=O)C1C[C@@]1(C(N)=O)c1cccc(OCc2ccccc2)c1. The maximum absolute atomic E-state index is 12.0. The van der Waals surface area contributed by atoms with Crippen molar-refractivity contribution >= 4 is 11.8 Å². The minimum absolute atomic E-state index is 0.163. The summed E-state index contributed by atoms with van der Waals surface area (Å²) >= 11 is 0. The third-order valence-corrected chi connectivity index (χ3v) is 4.56. The number of hydrogen-bond donors (Lipinski definition) is 2. The molecule has 0 bridgehead atoms. The van der Waals surface area contributed by atoms with Gasteiger partial charge in [-0.2, -0.15) is 0 Å². The Morgan fingerprint density at radius 3 is 2.62 bits per heavy atom. The van der Waals surface area contributed by atoms with Gasteiger partial charge in [0.25, 0.3) is 0 Å². The van der Waals surface area contributed by atoms with Crippen LogP contribution in [0, 0.1) is 5.92 Å². The van der Waals surface area contributed by atoms with Crippen molar-refractivity contribution in [1.82, 2.24) is 5.32 Å². The molecule has 0 aliphatic heterocycles. The van der Waals surface area contributed by atoms with Gasteiger partial charge in [0.2, 0.25) is 11.8 Å². The van der Waals surface area contributed by atoms with Crippen molar-refractivity contribution in [2.75, 3.05) is 7.05 Å². The van der Waals surface area contributed by atoms with Crippen molar-refractivity contribution in [3.05, 3.63) is 65.7 Å². The number of benzene rings is 2. The second-order valence-electron chi connectivity index (χ2n) is 6.01. The number of nitrogens with two attached hydrogens (primary N) is 1. The van der Waals surface area contributed by atoms with Gasteiger partial charge in [0, 0.05) is 7.05 Å². The molecule has 2 atom stereocenters. The summed E-state index contributed by atoms with van der Waals surface area (Å²) in [6, 6.07) is 17.1. The molecule has 24 heavy (non-hydrogen) atoms. The van der Waals surface area contributed by atoms with Gasteiger partial charge in [-0.3, -0.25) is 9.59 Å². The highest BCUT2D eigenvalue weighted by molar-refractivity contribution is 5.99. The fraction of sp³-hybridized carbons (Fsp3) is 0.263. The maximum Gasteiger partial charge on any atom is 0.228 e. The van der Waals surface area contributed by atoms with Crippen LogP contribution in [0.25, 0.3) is 0 Å². The van der Waals surface area contributed by atoms with E-state index in [0.717, 1.165) is 11.1 Å². The largest absolute Gasteiger partial charge is 0.489 e. The summed E-state index contributed by atoms with van der Waals surface area (Å²) in [5, 5.41) is 2.59. The van der Waals surface area contributed by atoms with Crippen LogP contribution < -0.4 is 15.8 Å². The maximum atomic E-state index is 12.0. The van der Waals surface area contributed by atoms with Crippen LogP contribution in [0.2, 0.25) is 0 Å². The van der Waals surface area contributed by atoms with Gasteiger partial charge >= 0.3 is 0 Å². The Morgan fingerprint density at radius 1 is 1.21 bits per heavy atom. The number of rotatable bonds is 6. The van der Waals surface area contributed by atoms with Gasteiger partial charge < -0.3 is 15.8 Å². The lowest BCUT2D eigenvalue weighted by Crippen LogP contribution is -2.34. The molecule has 2 aromatic carbocycles. The van der Waals surface area contributed by atoms with Gasteiger partial charge in [0.05, 0.1) is 11.3 Å². The summed E-state index contributed by atoms with van der Waals surface area (Å²) in [6.07, 6.45) is 0.435. The topological polar surface area (TPSA) is 81.4 Å². The minimum Gasteiger partial charge on any atom is -0.489 e. The van der Waals surface area contributed by atoms with Gasteiger partial charge in [-0.15, -0.1) is 0 Å². The van der Waals surface area contributed by atoms with E-state index in [0.29, 0.717) is 18.8 Å². The van der Waals surface area contributed by atoms with Crippen molar-refractivity contribution in [3.8, 4) is 5.75 Å². The molecule has 1 aliphatic rings. The van der Waals surface area contributed by atoms with Crippen LogP contribution in [0.3, 0.4) is 0 Å². The van der Waals surface area contributed by atoms with Crippen molar-refractivity contribution in [1.29, 1.82) is 0 Å². The van der Waals surface area contributed by atoms with Gasteiger partial charge in [-0.1, -0.05) is 42.5 Å². The first-order valence-electron chi connectivity index (χ1n) is 7.86. The zero-order valence-electron chi connectivity index (χ0n) is 13.5. The summed E-state index contributed by atoms with van der Waals surface area (Å²) < 4.78 is 5.80. The lowest BCUT2D eigenvalue weighted by Gasteiger charge is -2.15. The van der Waals surface area contributed by atoms with Crippen LogP contribution >= 0.6 is 0 Å². The number of carbonyl (C=O) groups excluding carboxylic acids is 2. The summed E-state index contributed by atoms with van der Waals surface area (Å²) in [5.74, 6) is -0.398. The monoisotopic (exact) mass is 324 g/mol. The molecule has 0 saturated heterocycles. The second-order valence-corrected chi connectivity index (χ2v) is 6.01. The first-order valence-corrected chi connectivity index (χ1v) is 7.86. The zero-order chi connectivity index (χ0) is 17.2. The number of hydrogen-bond acceptors (Lipinski definition) is 3. The molecule has 5 heteroatoms. The van der Waals surface area contributed by atoms with E-state index in [1.807, 2.05) is 48.5 Å². The van der Waals surface area contributed by atoms with E-state index >= 15 is 0 Å². The van der Waals surface area contributed by atoms with E-state index in [1.165, 1.54) is 0 Å². The van der Waals surface area contributed by atoms with E-state index in [9.17, 15) is 9.59 Å². The van der Waals surface area contributed by atoms with Gasteiger partial charge in [-0.25, -0.2) is 0 Å². The summed E-state index contributed by atoms with van der Waals surface area (Å²) in [7, 11) is 1.56. The summed E-state index contributed by atoms with van der Waals surface area (Å²) in [4.78, 5) is 23.9. The van der Waals surface area contributed by atoms with E-state index in [1.54, 1.807) is 13.1 Å². The van der Waals surface area contributed by atoms with E-state index in [2.05, 4.69) is 5.32 Å². The molecule has 0 aromatic heterocycles. The lowest BCUT2D eigenvalue weighted by atomic mass is 9.92. The van der Waals surface area contributed by atoms with E-state index in [-0.39, 0.29) is 5.91 Å². The zero-order valence-corrected chi connectivity index (χ0v) is 13.5. The molecule has 1 unspecified atom stereocenters. The van der Waals surface area contributed by atoms with Crippen molar-refractivity contribution < 1.29 is 14.3 Å². The molecule has 1 saturated carbocycles. The van der Waals surface area contributed by atoms with Crippen LogP contribution in [0.15, 0.2) is 54.6 Å². The third kappa shape index (κ3) is 2.85. The minimum atomic E-state index is -0.924. The number of primary amides is 1. The Bertz CT molecular complexity index is 760. The average molecular weight is 324 g/mol. The molecule has 3 rings (SSSR count). The highest BCUT2D eigenvalue weighted by Crippen LogP contribution is 2.54. The summed E-state index contributed by atoms with van der Waals surface area (Å²) in [6.45, 7) is 0.437. The molecule has 5 nitrogen and oxygen atoms in total. The Morgan fingerprint density at radius 2 is 1.96 bits per heavy atom. The first kappa shape index (κ1) is 16.1. The van der Waals surface area contributed by atoms with Crippen LogP contribution in [-0.4, -0.2) is 18.9 Å². The Kier molecular flexibility index (Phi) is 4.25. The van der Waals surface area contributed by atoms with Crippen LogP contribution in [0.5, 0.6) is 5.75 Å². The van der Waals surface area contributed by atoms with Gasteiger partial charge in [0.15, 0.2) is 0 Å². The van der Waals surface area contributed by atoms with E-state index in [4.69, 9.17) is 10.5 Å². The Hall–Kier alpha value is -2.82. The highest BCUT2D eigenvalue weighted by atomic mass is 16.5. The van der Waals surface area contributed by atoms with E-state index < -0.39 is 17.2 Å². The van der Waals surface area contributed by atoms with Crippen molar-refractivity contribution in [2.45, 2.75) is 18.4 Å². The molecule has 2 amide bonds. The predicted molar refractivity (Wildman–Crippen MR) is 90.3 cm³/mol. The van der Waals surface area contributed by atoms with Crippen LogP contribution in [0.1, 0.15) is 17.5 Å². The Labute approximate surface area is 140 Å². The van der Waals surface area contributed by atoms with Crippen LogP contribution in [0.4, 0.5) is 0 Å². The highest BCUT2D eigenvalue weighted by Gasteiger charge is 2.63. The first-order chi connectivity index (χ1) is 11.6. The normalized spacial score (nSPS) is 21.8. The Balaban J connectivity index is 1.80. The van der Waals surface area contributed by atoms with Crippen LogP contribution in [-0.2, 0) is 21.6 Å². The molecule has 1 fully saturated rings. The number of carbonyl (C=O) groups is 2.